The summed E-state index contributed by atoms with van der Waals surface area (Å²) in [6.07, 6.45) is 1.29. The van der Waals surface area contributed by atoms with E-state index >= 15 is 0 Å². The molecular formula is C20H23NO2. The maximum Gasteiger partial charge on any atom is 0.268 e. The van der Waals surface area contributed by atoms with Crippen molar-refractivity contribution < 1.29 is 9.53 Å². The first-order chi connectivity index (χ1) is 11.1. The molecule has 0 unspecified atom stereocenters. The SMILES string of the molecule is CCc1ccccc1O[C@@H](C)C(=O)N1c2ccccc2C[C@H]1C. The number of aryl methyl sites for hydroxylation is 1. The normalized spacial score (nSPS) is 17.7. The summed E-state index contributed by atoms with van der Waals surface area (Å²) in [6.45, 7) is 6.01. The Morgan fingerprint density at radius 2 is 1.91 bits per heavy atom. The third kappa shape index (κ3) is 2.96. The zero-order valence-corrected chi connectivity index (χ0v) is 14.0. The molecule has 120 valence electrons. The van der Waals surface area contributed by atoms with E-state index < -0.39 is 6.10 Å². The van der Waals surface area contributed by atoms with Crippen LogP contribution in [0.2, 0.25) is 0 Å². The van der Waals surface area contributed by atoms with Crippen molar-refractivity contribution in [1.82, 2.24) is 0 Å². The van der Waals surface area contributed by atoms with Gasteiger partial charge in [-0.3, -0.25) is 4.79 Å². The number of nitrogens with zero attached hydrogens (tertiary/aromatic N) is 1. The fourth-order valence-corrected chi connectivity index (χ4v) is 3.25. The lowest BCUT2D eigenvalue weighted by molar-refractivity contribution is -0.124. The zero-order valence-electron chi connectivity index (χ0n) is 14.0. The van der Waals surface area contributed by atoms with Gasteiger partial charge in [0, 0.05) is 11.7 Å². The van der Waals surface area contributed by atoms with Gasteiger partial charge in [0.05, 0.1) is 0 Å². The molecule has 3 rings (SSSR count). The van der Waals surface area contributed by atoms with E-state index in [2.05, 4.69) is 19.9 Å². The van der Waals surface area contributed by atoms with Gasteiger partial charge in [0.15, 0.2) is 6.10 Å². The van der Waals surface area contributed by atoms with E-state index in [1.807, 2.05) is 54.3 Å². The Labute approximate surface area is 137 Å². The smallest absolute Gasteiger partial charge is 0.268 e. The van der Waals surface area contributed by atoms with Crippen LogP contribution < -0.4 is 9.64 Å². The molecule has 0 saturated heterocycles. The van der Waals surface area contributed by atoms with Gasteiger partial charge in [0.25, 0.3) is 5.91 Å². The predicted octanol–water partition coefficient (Wildman–Crippen LogP) is 3.99. The molecule has 0 saturated carbocycles. The molecular weight excluding hydrogens is 286 g/mol. The molecule has 0 fully saturated rings. The average Bonchev–Trinajstić information content (AvgIpc) is 2.90. The highest BCUT2D eigenvalue weighted by atomic mass is 16.5. The number of hydrogen-bond acceptors (Lipinski definition) is 2. The Bertz CT molecular complexity index is 710. The van der Waals surface area contributed by atoms with E-state index in [0.717, 1.165) is 29.8 Å². The highest BCUT2D eigenvalue weighted by Crippen LogP contribution is 2.32. The first kappa shape index (κ1) is 15.6. The second-order valence-corrected chi connectivity index (χ2v) is 6.11. The molecule has 1 aliphatic heterocycles. The Morgan fingerprint density at radius 1 is 1.22 bits per heavy atom. The molecule has 3 nitrogen and oxygen atoms in total. The number of ether oxygens (including phenoxy) is 1. The summed E-state index contributed by atoms with van der Waals surface area (Å²) in [7, 11) is 0. The quantitative estimate of drug-likeness (QED) is 0.854. The largest absolute Gasteiger partial charge is 0.481 e. The van der Waals surface area contributed by atoms with E-state index in [0.29, 0.717) is 0 Å². The predicted molar refractivity (Wildman–Crippen MR) is 93.0 cm³/mol. The lowest BCUT2D eigenvalue weighted by atomic mass is 10.1. The molecule has 2 aromatic rings. The first-order valence-corrected chi connectivity index (χ1v) is 8.27. The lowest BCUT2D eigenvalue weighted by Crippen LogP contribution is -2.43. The number of anilines is 1. The molecule has 1 heterocycles. The van der Waals surface area contributed by atoms with Crippen molar-refractivity contribution in [3.8, 4) is 5.75 Å². The number of carbonyl (C=O) groups is 1. The second kappa shape index (κ2) is 6.45. The highest BCUT2D eigenvalue weighted by Gasteiger charge is 2.33. The van der Waals surface area contributed by atoms with Gasteiger partial charge in [-0.05, 0) is 49.9 Å². The van der Waals surface area contributed by atoms with Crippen molar-refractivity contribution in [2.75, 3.05) is 4.90 Å². The molecule has 0 aromatic heterocycles. The summed E-state index contributed by atoms with van der Waals surface area (Å²) < 4.78 is 5.98. The van der Waals surface area contributed by atoms with E-state index in [9.17, 15) is 4.79 Å². The number of rotatable bonds is 4. The van der Waals surface area contributed by atoms with Crippen LogP contribution >= 0.6 is 0 Å². The third-order valence-electron chi connectivity index (χ3n) is 4.45. The van der Waals surface area contributed by atoms with Crippen LogP contribution in [0.1, 0.15) is 31.9 Å². The van der Waals surface area contributed by atoms with E-state index in [1.165, 1.54) is 5.56 Å². The number of fused-ring (bicyclic) bond motifs is 1. The number of amides is 1. The topological polar surface area (TPSA) is 29.5 Å². The molecule has 2 aromatic carbocycles. The van der Waals surface area contributed by atoms with Crippen LogP contribution in [-0.2, 0) is 17.6 Å². The molecule has 23 heavy (non-hydrogen) atoms. The number of hydrogen-bond donors (Lipinski definition) is 0. The average molecular weight is 309 g/mol. The summed E-state index contributed by atoms with van der Waals surface area (Å²) >= 11 is 0. The van der Waals surface area contributed by atoms with Crippen molar-refractivity contribution >= 4 is 11.6 Å². The Kier molecular flexibility index (Phi) is 4.37. The maximum absolute atomic E-state index is 12.9. The third-order valence-corrected chi connectivity index (χ3v) is 4.45. The minimum atomic E-state index is -0.503. The van der Waals surface area contributed by atoms with E-state index in [-0.39, 0.29) is 11.9 Å². The van der Waals surface area contributed by atoms with Gasteiger partial charge >= 0.3 is 0 Å². The van der Waals surface area contributed by atoms with Crippen LogP contribution in [0.4, 0.5) is 5.69 Å². The fourth-order valence-electron chi connectivity index (χ4n) is 3.25. The number of benzene rings is 2. The maximum atomic E-state index is 12.9. The molecule has 0 N–H and O–H groups in total. The minimum Gasteiger partial charge on any atom is -0.481 e. The molecule has 1 amide bonds. The fraction of sp³-hybridized carbons (Fsp3) is 0.350. The number of carbonyl (C=O) groups excluding carboxylic acids is 1. The van der Waals surface area contributed by atoms with Crippen LogP contribution in [0.25, 0.3) is 0 Å². The molecule has 0 bridgehead atoms. The van der Waals surface area contributed by atoms with Gasteiger partial charge in [0.2, 0.25) is 0 Å². The van der Waals surface area contributed by atoms with Crippen molar-refractivity contribution in [2.24, 2.45) is 0 Å². The van der Waals surface area contributed by atoms with E-state index in [1.54, 1.807) is 0 Å². The highest BCUT2D eigenvalue weighted by molar-refractivity contribution is 5.99. The molecule has 0 radical (unpaired) electrons. The minimum absolute atomic E-state index is 0.0216. The van der Waals surface area contributed by atoms with Gasteiger partial charge in [-0.1, -0.05) is 43.3 Å². The molecule has 1 aliphatic rings. The first-order valence-electron chi connectivity index (χ1n) is 8.27. The van der Waals surface area contributed by atoms with Crippen molar-refractivity contribution in [3.63, 3.8) is 0 Å². The molecule has 0 spiro atoms. The monoisotopic (exact) mass is 309 g/mol. The van der Waals surface area contributed by atoms with Crippen molar-refractivity contribution in [3.05, 3.63) is 59.7 Å². The van der Waals surface area contributed by atoms with Gasteiger partial charge < -0.3 is 9.64 Å². The van der Waals surface area contributed by atoms with Crippen molar-refractivity contribution in [1.29, 1.82) is 0 Å². The number of para-hydroxylation sites is 2. The summed E-state index contributed by atoms with van der Waals surface area (Å²) in [4.78, 5) is 14.8. The Balaban J connectivity index is 1.80. The second-order valence-electron chi connectivity index (χ2n) is 6.11. The molecule has 0 aliphatic carbocycles. The summed E-state index contributed by atoms with van der Waals surface area (Å²) in [6, 6.07) is 16.2. The Morgan fingerprint density at radius 3 is 2.70 bits per heavy atom. The summed E-state index contributed by atoms with van der Waals surface area (Å²) in [5, 5.41) is 0. The van der Waals surface area contributed by atoms with Crippen LogP contribution in [0.3, 0.4) is 0 Å². The van der Waals surface area contributed by atoms with Crippen molar-refractivity contribution in [2.45, 2.75) is 45.8 Å². The standard InChI is InChI=1S/C20H23NO2/c1-4-16-9-6-8-12-19(16)23-15(3)20(22)21-14(2)13-17-10-5-7-11-18(17)21/h5-12,14-15H,4,13H2,1-3H3/t14-,15+/m1/s1. The molecule has 3 heteroatoms. The lowest BCUT2D eigenvalue weighted by Gasteiger charge is -2.26. The molecule has 2 atom stereocenters. The van der Waals surface area contributed by atoms with Crippen LogP contribution in [0.15, 0.2) is 48.5 Å². The van der Waals surface area contributed by atoms with Gasteiger partial charge in [-0.2, -0.15) is 0 Å². The van der Waals surface area contributed by atoms with Crippen LogP contribution in [0, 0.1) is 0 Å². The summed E-state index contributed by atoms with van der Waals surface area (Å²) in [5.41, 5.74) is 3.38. The van der Waals surface area contributed by atoms with Gasteiger partial charge in [0.1, 0.15) is 5.75 Å². The summed E-state index contributed by atoms with van der Waals surface area (Å²) in [5.74, 6) is 0.823. The van der Waals surface area contributed by atoms with E-state index in [4.69, 9.17) is 4.74 Å². The van der Waals surface area contributed by atoms with Crippen LogP contribution in [-0.4, -0.2) is 18.1 Å². The zero-order chi connectivity index (χ0) is 16.4. The van der Waals surface area contributed by atoms with Crippen LogP contribution in [0.5, 0.6) is 5.75 Å². The Hall–Kier alpha value is -2.29. The van der Waals surface area contributed by atoms with Gasteiger partial charge in [-0.25, -0.2) is 0 Å². The van der Waals surface area contributed by atoms with Gasteiger partial charge in [-0.15, -0.1) is 0 Å².